The summed E-state index contributed by atoms with van der Waals surface area (Å²) < 4.78 is 7.30. The maximum absolute atomic E-state index is 5.38. The first-order valence-corrected chi connectivity index (χ1v) is 7.98. The van der Waals surface area contributed by atoms with E-state index in [0.717, 1.165) is 42.2 Å². The van der Waals surface area contributed by atoms with Crippen molar-refractivity contribution < 1.29 is 4.74 Å². The molecular formula is C18H20N4O. The van der Waals surface area contributed by atoms with E-state index in [1.807, 2.05) is 29.9 Å². The Morgan fingerprint density at radius 3 is 3.04 bits per heavy atom. The standard InChI is InChI=1S/C18H20N4O/c1-13-11-17-18(19-8-10-22(17)20-13)21-9-4-7-16(21)14-5-3-6-15(12-14)23-2/h3,5-6,8,10-12,16H,4,7,9H2,1-2H3. The average molecular weight is 308 g/mol. The quantitative estimate of drug-likeness (QED) is 0.744. The lowest BCUT2D eigenvalue weighted by Gasteiger charge is -2.26. The van der Waals surface area contributed by atoms with E-state index in [-0.39, 0.29) is 0 Å². The summed E-state index contributed by atoms with van der Waals surface area (Å²) in [5, 5.41) is 4.50. The summed E-state index contributed by atoms with van der Waals surface area (Å²) >= 11 is 0. The number of aryl methyl sites for hydroxylation is 1. The maximum Gasteiger partial charge on any atom is 0.155 e. The predicted octanol–water partition coefficient (Wildman–Crippen LogP) is 3.39. The fourth-order valence-corrected chi connectivity index (χ4v) is 3.47. The molecule has 1 saturated heterocycles. The molecule has 1 aliphatic heterocycles. The molecule has 3 aromatic rings. The van der Waals surface area contributed by atoms with Crippen LogP contribution in [-0.4, -0.2) is 28.3 Å². The number of benzene rings is 1. The highest BCUT2D eigenvalue weighted by Crippen LogP contribution is 2.37. The Kier molecular flexibility index (Phi) is 3.41. The number of methoxy groups -OCH3 is 1. The topological polar surface area (TPSA) is 42.7 Å². The smallest absolute Gasteiger partial charge is 0.155 e. The molecule has 0 amide bonds. The minimum atomic E-state index is 0.332. The van der Waals surface area contributed by atoms with Gasteiger partial charge in [0.15, 0.2) is 5.82 Å². The third-order valence-corrected chi connectivity index (χ3v) is 4.50. The molecule has 5 nitrogen and oxygen atoms in total. The number of hydrogen-bond acceptors (Lipinski definition) is 4. The van der Waals surface area contributed by atoms with Gasteiger partial charge in [-0.05, 0) is 43.5 Å². The van der Waals surface area contributed by atoms with Crippen molar-refractivity contribution in [3.63, 3.8) is 0 Å². The van der Waals surface area contributed by atoms with E-state index in [2.05, 4.69) is 39.2 Å². The monoisotopic (exact) mass is 308 g/mol. The van der Waals surface area contributed by atoms with Crippen molar-refractivity contribution >= 4 is 11.3 Å². The number of nitrogens with zero attached hydrogens (tertiary/aromatic N) is 4. The van der Waals surface area contributed by atoms with Gasteiger partial charge in [0.05, 0.1) is 18.8 Å². The molecule has 23 heavy (non-hydrogen) atoms. The van der Waals surface area contributed by atoms with Crippen LogP contribution in [0.3, 0.4) is 0 Å². The number of aromatic nitrogens is 3. The van der Waals surface area contributed by atoms with Crippen LogP contribution in [0, 0.1) is 6.92 Å². The summed E-state index contributed by atoms with van der Waals surface area (Å²) in [4.78, 5) is 7.05. The van der Waals surface area contributed by atoms with Gasteiger partial charge in [-0.2, -0.15) is 5.10 Å². The van der Waals surface area contributed by atoms with Gasteiger partial charge in [-0.25, -0.2) is 9.50 Å². The van der Waals surface area contributed by atoms with E-state index >= 15 is 0 Å². The van der Waals surface area contributed by atoms with E-state index in [9.17, 15) is 0 Å². The fourth-order valence-electron chi connectivity index (χ4n) is 3.47. The van der Waals surface area contributed by atoms with E-state index in [4.69, 9.17) is 4.74 Å². The van der Waals surface area contributed by atoms with Crippen LogP contribution >= 0.6 is 0 Å². The van der Waals surface area contributed by atoms with Crippen LogP contribution < -0.4 is 9.64 Å². The van der Waals surface area contributed by atoms with Gasteiger partial charge in [0.1, 0.15) is 11.3 Å². The average Bonchev–Trinajstić information content (AvgIpc) is 3.19. The molecule has 1 fully saturated rings. The Bertz CT molecular complexity index is 842. The van der Waals surface area contributed by atoms with Crippen molar-refractivity contribution in [2.75, 3.05) is 18.6 Å². The molecule has 0 aliphatic carbocycles. The molecule has 0 N–H and O–H groups in total. The van der Waals surface area contributed by atoms with Crippen molar-refractivity contribution in [2.24, 2.45) is 0 Å². The summed E-state index contributed by atoms with van der Waals surface area (Å²) in [6.07, 6.45) is 6.03. The largest absolute Gasteiger partial charge is 0.497 e. The van der Waals surface area contributed by atoms with Gasteiger partial charge >= 0.3 is 0 Å². The van der Waals surface area contributed by atoms with Crippen molar-refractivity contribution in [3.05, 3.63) is 54.0 Å². The lowest BCUT2D eigenvalue weighted by Crippen LogP contribution is -2.24. The zero-order chi connectivity index (χ0) is 15.8. The minimum absolute atomic E-state index is 0.332. The molecule has 0 saturated carbocycles. The molecule has 0 spiro atoms. The summed E-state index contributed by atoms with van der Waals surface area (Å²) in [5.41, 5.74) is 3.36. The molecule has 5 heteroatoms. The number of ether oxygens (including phenoxy) is 1. The fraction of sp³-hybridized carbons (Fsp3) is 0.333. The highest BCUT2D eigenvalue weighted by Gasteiger charge is 2.29. The van der Waals surface area contributed by atoms with Gasteiger partial charge < -0.3 is 9.64 Å². The van der Waals surface area contributed by atoms with E-state index in [1.165, 1.54) is 5.56 Å². The molecular weight excluding hydrogens is 288 g/mol. The zero-order valence-corrected chi connectivity index (χ0v) is 13.4. The van der Waals surface area contributed by atoms with Gasteiger partial charge in [-0.3, -0.25) is 0 Å². The molecule has 1 aromatic carbocycles. The molecule has 4 rings (SSSR count). The van der Waals surface area contributed by atoms with Gasteiger partial charge in [0.25, 0.3) is 0 Å². The number of hydrogen-bond donors (Lipinski definition) is 0. The van der Waals surface area contributed by atoms with Crippen LogP contribution in [0.2, 0.25) is 0 Å². The first-order valence-electron chi connectivity index (χ1n) is 7.98. The molecule has 1 unspecified atom stereocenters. The van der Waals surface area contributed by atoms with Gasteiger partial charge in [0, 0.05) is 18.9 Å². The van der Waals surface area contributed by atoms with E-state index < -0.39 is 0 Å². The Morgan fingerprint density at radius 2 is 2.17 bits per heavy atom. The summed E-state index contributed by atoms with van der Waals surface area (Å²) in [5.74, 6) is 1.92. The van der Waals surface area contributed by atoms with Crippen LogP contribution in [0.1, 0.15) is 30.1 Å². The SMILES string of the molecule is COc1cccc(C2CCCN2c2nccn3nc(C)cc23)c1. The Balaban J connectivity index is 1.77. The van der Waals surface area contributed by atoms with Crippen molar-refractivity contribution in [1.82, 2.24) is 14.6 Å². The maximum atomic E-state index is 5.38. The second kappa shape index (κ2) is 5.57. The highest BCUT2D eigenvalue weighted by atomic mass is 16.5. The lowest BCUT2D eigenvalue weighted by molar-refractivity contribution is 0.414. The molecule has 118 valence electrons. The van der Waals surface area contributed by atoms with E-state index in [0.29, 0.717) is 6.04 Å². The Morgan fingerprint density at radius 1 is 1.26 bits per heavy atom. The second-order valence-corrected chi connectivity index (χ2v) is 5.99. The molecule has 0 bridgehead atoms. The summed E-state index contributed by atoms with van der Waals surface area (Å²) in [6.45, 7) is 3.03. The van der Waals surface area contributed by atoms with Crippen molar-refractivity contribution in [2.45, 2.75) is 25.8 Å². The minimum Gasteiger partial charge on any atom is -0.497 e. The first-order chi connectivity index (χ1) is 11.3. The predicted molar refractivity (Wildman–Crippen MR) is 90.0 cm³/mol. The lowest BCUT2D eigenvalue weighted by atomic mass is 10.0. The molecule has 1 aliphatic rings. The molecule has 2 aromatic heterocycles. The van der Waals surface area contributed by atoms with Crippen molar-refractivity contribution in [1.29, 1.82) is 0 Å². The summed E-state index contributed by atoms with van der Waals surface area (Å²) in [6, 6.07) is 10.8. The number of rotatable bonds is 3. The number of anilines is 1. The Labute approximate surface area is 135 Å². The van der Waals surface area contributed by atoms with Crippen LogP contribution in [0.4, 0.5) is 5.82 Å². The Hall–Kier alpha value is -2.56. The summed E-state index contributed by atoms with van der Waals surface area (Å²) in [7, 11) is 1.71. The van der Waals surface area contributed by atoms with Gasteiger partial charge in [0.2, 0.25) is 0 Å². The highest BCUT2D eigenvalue weighted by molar-refractivity contribution is 5.70. The van der Waals surface area contributed by atoms with Gasteiger partial charge in [-0.15, -0.1) is 0 Å². The normalized spacial score (nSPS) is 17.8. The number of fused-ring (bicyclic) bond motifs is 1. The van der Waals surface area contributed by atoms with Gasteiger partial charge in [-0.1, -0.05) is 12.1 Å². The second-order valence-electron chi connectivity index (χ2n) is 5.99. The van der Waals surface area contributed by atoms with Crippen LogP contribution in [0.25, 0.3) is 5.52 Å². The first kappa shape index (κ1) is 14.1. The van der Waals surface area contributed by atoms with Crippen LogP contribution in [-0.2, 0) is 0 Å². The van der Waals surface area contributed by atoms with Crippen molar-refractivity contribution in [3.8, 4) is 5.75 Å². The third kappa shape index (κ3) is 2.42. The zero-order valence-electron chi connectivity index (χ0n) is 13.4. The van der Waals surface area contributed by atoms with E-state index in [1.54, 1.807) is 7.11 Å². The molecule has 0 radical (unpaired) electrons. The molecule has 3 heterocycles. The third-order valence-electron chi connectivity index (χ3n) is 4.50. The van der Waals surface area contributed by atoms with Crippen LogP contribution in [0.15, 0.2) is 42.7 Å². The van der Waals surface area contributed by atoms with Crippen LogP contribution in [0.5, 0.6) is 5.75 Å². The molecule has 1 atom stereocenters.